The largest absolute Gasteiger partial charge is 0.390 e. The van der Waals surface area contributed by atoms with Crippen LogP contribution < -0.4 is 5.73 Å². The highest BCUT2D eigenvalue weighted by molar-refractivity contribution is 5.84. The van der Waals surface area contributed by atoms with E-state index in [1.807, 2.05) is 6.07 Å². The fourth-order valence-electron chi connectivity index (χ4n) is 3.86. The molecule has 0 aromatic heterocycles. The Morgan fingerprint density at radius 2 is 2.22 bits per heavy atom. The fourth-order valence-corrected chi connectivity index (χ4v) is 3.86. The average Bonchev–Trinajstić information content (AvgIpc) is 3.43. The average molecular weight is 332 g/mol. The standard InChI is InChI=1S/C18H25N3O2/c19-8-13-2-12-3-14(12)21(13)16(22)15(20)17-4-10-1-11(5-17)7-18(23,6-10)9-17/h10-15,23H,1-7,9,20H2/t10?,11?,12-,13?,14+,15-,17?,18?/m1/s1/i1D2,4D2,5D2,6D2,7D2,9D2,10D,11D,15D,23D. The molecule has 0 aromatic carbocycles. The molecule has 5 aliphatic carbocycles. The van der Waals surface area contributed by atoms with Crippen LogP contribution in [0.25, 0.3) is 0 Å². The molecule has 0 spiro atoms. The number of nitrogens with two attached hydrogens (primary N) is 1. The Balaban J connectivity index is 1.97. The lowest BCUT2D eigenvalue weighted by molar-refractivity contribution is -0.177. The SMILES string of the molecule is [2H]OC12C([2H])([2H])C3([2H])C([2H])([2H])C([2H])(C1([2H])[2H])C([2H])([2H])C([C@]([2H])(N)C(=O)N1C(C#N)C[C@@H]4C[C@@H]41)(C3([2H])[2H])C2([2H])[2H]. The van der Waals surface area contributed by atoms with E-state index in [9.17, 15) is 10.1 Å². The summed E-state index contributed by atoms with van der Waals surface area (Å²) in [5.41, 5.74) is -2.23. The van der Waals surface area contributed by atoms with Crippen molar-refractivity contribution in [3.8, 4) is 6.07 Å². The second kappa shape index (κ2) is 4.29. The minimum atomic E-state index is -4.30. The molecule has 0 radical (unpaired) electrons. The molecule has 124 valence electrons. The lowest BCUT2D eigenvalue weighted by atomic mass is 9.46. The van der Waals surface area contributed by atoms with E-state index >= 15 is 0 Å². The molecule has 6 atom stereocenters. The van der Waals surface area contributed by atoms with Crippen LogP contribution in [0.1, 0.15) is 71.6 Å². The highest BCUT2D eigenvalue weighted by Gasteiger charge is 2.62. The highest BCUT2D eigenvalue weighted by Crippen LogP contribution is 2.63. The summed E-state index contributed by atoms with van der Waals surface area (Å²) in [5.74, 6) is -10.2. The van der Waals surface area contributed by atoms with E-state index in [0.29, 0.717) is 6.42 Å². The third-order valence-corrected chi connectivity index (χ3v) is 4.96. The van der Waals surface area contributed by atoms with Gasteiger partial charge in [-0.05, 0) is 74.2 Å². The van der Waals surface area contributed by atoms with E-state index in [4.69, 9.17) is 27.7 Å². The summed E-state index contributed by atoms with van der Waals surface area (Å²) in [6, 6.07) is -4.05. The first-order valence-corrected chi connectivity index (χ1v) is 7.42. The van der Waals surface area contributed by atoms with Gasteiger partial charge in [-0.1, -0.05) is 0 Å². The van der Waals surface area contributed by atoms with Crippen LogP contribution in [0.2, 0.25) is 0 Å². The summed E-state index contributed by atoms with van der Waals surface area (Å²) in [6.07, 6.45) is -24.8. The molecule has 4 bridgehead atoms. The zero-order valence-electron chi connectivity index (χ0n) is 27.9. The van der Waals surface area contributed by atoms with Gasteiger partial charge in [0.05, 0.1) is 19.1 Å². The molecule has 1 heterocycles. The number of rotatable bonds is 3. The molecule has 3 unspecified atom stereocenters. The smallest absolute Gasteiger partial charge is 0.241 e. The highest BCUT2D eigenvalue weighted by atomic mass is 16.3. The number of carbonyl (C=O) groups is 1. The molecule has 3 N–H and O–H groups in total. The van der Waals surface area contributed by atoms with Crippen molar-refractivity contribution < 1.29 is 30.5 Å². The molecule has 1 amide bonds. The number of hydrogen-bond acceptors (Lipinski definition) is 4. The van der Waals surface area contributed by atoms with Gasteiger partial charge in [0.25, 0.3) is 0 Å². The number of piperidine rings is 1. The van der Waals surface area contributed by atoms with E-state index in [-0.39, 0.29) is 12.3 Å². The van der Waals surface area contributed by atoms with Crippen LogP contribution in [-0.4, -0.2) is 41.0 Å². The summed E-state index contributed by atoms with van der Waals surface area (Å²) in [5, 5.41) is 13.9. The molecule has 5 heteroatoms. The zero-order chi connectivity index (χ0) is 30.2. The fraction of sp³-hybridized carbons (Fsp3) is 0.889. The van der Waals surface area contributed by atoms with Crippen LogP contribution in [-0.2, 0) is 4.79 Å². The summed E-state index contributed by atoms with van der Waals surface area (Å²) in [6.45, 7) is 0. The minimum absolute atomic E-state index is 0.126. The van der Waals surface area contributed by atoms with Gasteiger partial charge < -0.3 is 15.7 Å². The van der Waals surface area contributed by atoms with Gasteiger partial charge in [-0.2, -0.15) is 5.26 Å². The molecule has 1 aliphatic heterocycles. The van der Waals surface area contributed by atoms with E-state index in [1.165, 1.54) is 0 Å². The first kappa shape index (κ1) is 5.44. The van der Waals surface area contributed by atoms with Gasteiger partial charge in [-0.25, -0.2) is 0 Å². The van der Waals surface area contributed by atoms with Gasteiger partial charge in [0, 0.05) is 25.2 Å². The van der Waals surface area contributed by atoms with Crippen LogP contribution in [0.5, 0.6) is 0 Å². The number of carbonyl (C=O) groups excluding carboxylic acids is 1. The summed E-state index contributed by atoms with van der Waals surface area (Å²) in [7, 11) is 0. The topological polar surface area (TPSA) is 90.3 Å². The number of nitriles is 1. The Labute approximate surface area is 159 Å². The Hall–Kier alpha value is -1.12. The molecule has 1 saturated heterocycles. The lowest BCUT2D eigenvalue weighted by Gasteiger charge is -2.61. The van der Waals surface area contributed by atoms with Crippen molar-refractivity contribution in [1.82, 2.24) is 4.90 Å². The summed E-state index contributed by atoms with van der Waals surface area (Å²) >= 11 is 0. The van der Waals surface area contributed by atoms with Crippen molar-refractivity contribution in [3.63, 3.8) is 0 Å². The van der Waals surface area contributed by atoms with Crippen LogP contribution in [0, 0.1) is 34.5 Å². The van der Waals surface area contributed by atoms with Gasteiger partial charge in [-0.3, -0.25) is 4.79 Å². The molecule has 6 fully saturated rings. The second-order valence-corrected chi connectivity index (χ2v) is 6.50. The van der Waals surface area contributed by atoms with Crippen LogP contribution >= 0.6 is 0 Å². The predicted molar refractivity (Wildman–Crippen MR) is 82.8 cm³/mol. The number of fused-ring (bicyclic) bond motifs is 1. The number of nitrogens with zero attached hydrogens (tertiary/aromatic N) is 2. The van der Waals surface area contributed by atoms with Gasteiger partial charge in [0.15, 0.2) is 0 Å². The molecule has 6 rings (SSSR count). The van der Waals surface area contributed by atoms with Crippen LogP contribution in [0.4, 0.5) is 0 Å². The Morgan fingerprint density at radius 3 is 2.87 bits per heavy atom. The molecule has 5 nitrogen and oxygen atoms in total. The summed E-state index contributed by atoms with van der Waals surface area (Å²) < 4.78 is 140. The zero-order valence-corrected chi connectivity index (χ0v) is 11.9. The number of hydrogen-bond donors (Lipinski definition) is 2. The maximum Gasteiger partial charge on any atom is 0.241 e. The monoisotopic (exact) mass is 331 g/mol. The molecular formula is C18H25N3O2. The van der Waals surface area contributed by atoms with Crippen molar-refractivity contribution in [2.24, 2.45) is 28.9 Å². The van der Waals surface area contributed by atoms with Gasteiger partial charge in [0.2, 0.25) is 7.34 Å². The quantitative estimate of drug-likeness (QED) is 0.812. The van der Waals surface area contributed by atoms with Gasteiger partial charge in [0.1, 0.15) is 6.04 Å². The minimum Gasteiger partial charge on any atom is -0.390 e. The Morgan fingerprint density at radius 1 is 1.48 bits per heavy atom. The van der Waals surface area contributed by atoms with E-state index < -0.39 is 85.1 Å². The molecule has 23 heavy (non-hydrogen) atoms. The van der Waals surface area contributed by atoms with Gasteiger partial charge >= 0.3 is 0 Å². The normalized spacial score (nSPS) is 84.9. The molecule has 5 saturated carbocycles. The van der Waals surface area contributed by atoms with Crippen molar-refractivity contribution in [2.75, 3.05) is 0 Å². The number of amides is 1. The first-order valence-electron chi connectivity index (χ1n) is 15.3. The van der Waals surface area contributed by atoms with Gasteiger partial charge in [-0.15, -0.1) is 0 Å². The third-order valence-electron chi connectivity index (χ3n) is 4.96. The maximum atomic E-state index is 14.0. The van der Waals surface area contributed by atoms with E-state index in [1.54, 1.807) is 0 Å². The van der Waals surface area contributed by atoms with E-state index in [2.05, 4.69) is 5.11 Å². The third kappa shape index (κ3) is 1.88. The van der Waals surface area contributed by atoms with Crippen molar-refractivity contribution in [3.05, 3.63) is 0 Å². The molecule has 6 aliphatic rings. The number of likely N-dealkylation sites (tertiary alicyclic amines) is 1. The van der Waals surface area contributed by atoms with Crippen molar-refractivity contribution in [2.45, 2.75) is 74.8 Å². The Kier molecular flexibility index (Phi) is 1.01. The maximum absolute atomic E-state index is 14.0. The molecular weight excluding hydrogens is 290 g/mol. The van der Waals surface area contributed by atoms with Crippen LogP contribution in [0.15, 0.2) is 0 Å². The lowest BCUT2D eigenvalue weighted by Crippen LogP contribution is -2.64. The predicted octanol–water partition coefficient (Wildman–Crippen LogP) is 1.16. The van der Waals surface area contributed by atoms with Crippen LogP contribution in [0.3, 0.4) is 0 Å². The summed E-state index contributed by atoms with van der Waals surface area (Å²) in [4.78, 5) is 14.8. The molecule has 0 aromatic rings. The van der Waals surface area contributed by atoms with E-state index in [0.717, 1.165) is 4.90 Å². The first-order chi connectivity index (χ1) is 17.3. The number of aliphatic hydroxyl groups is 1. The van der Waals surface area contributed by atoms with Crippen molar-refractivity contribution in [1.29, 1.82) is 6.69 Å². The Bertz CT molecular complexity index is 1190. The van der Waals surface area contributed by atoms with Crippen molar-refractivity contribution >= 4 is 5.91 Å². The second-order valence-electron chi connectivity index (χ2n) is 6.50.